The lowest BCUT2D eigenvalue weighted by atomic mass is 10.0. The summed E-state index contributed by atoms with van der Waals surface area (Å²) in [7, 11) is 5.29. The monoisotopic (exact) mass is 573 g/mol. The Hall–Kier alpha value is -3.06. The topological polar surface area (TPSA) is 37.4 Å². The van der Waals surface area contributed by atoms with E-state index in [0.717, 1.165) is 56.5 Å². The predicted octanol–water partition coefficient (Wildman–Crippen LogP) is 7.26. The minimum atomic E-state index is 0.374. The van der Waals surface area contributed by atoms with E-state index >= 15 is 0 Å². The molecule has 0 amide bonds. The zero-order valence-corrected chi connectivity index (χ0v) is 27.2. The maximum absolute atomic E-state index is 5.78. The van der Waals surface area contributed by atoms with Crippen LogP contribution >= 0.6 is 0 Å². The molecule has 0 N–H and O–H groups in total. The Labute approximate surface area is 254 Å². The zero-order valence-electron chi connectivity index (χ0n) is 27.2. The van der Waals surface area contributed by atoms with Crippen molar-refractivity contribution in [1.82, 2.24) is 14.7 Å². The van der Waals surface area contributed by atoms with E-state index in [1.165, 1.54) is 33.4 Å². The van der Waals surface area contributed by atoms with E-state index in [4.69, 9.17) is 14.2 Å². The van der Waals surface area contributed by atoms with Gasteiger partial charge in [-0.3, -0.25) is 14.7 Å². The molecule has 1 aliphatic heterocycles. The van der Waals surface area contributed by atoms with E-state index in [2.05, 4.69) is 111 Å². The Morgan fingerprint density at radius 1 is 0.381 bits per heavy atom. The molecule has 0 fully saturated rings. The first-order chi connectivity index (χ1) is 20.1. The lowest BCUT2D eigenvalue weighted by Gasteiger charge is -2.30. The highest BCUT2D eigenvalue weighted by Crippen LogP contribution is 2.27. The summed E-state index contributed by atoms with van der Waals surface area (Å²) in [4.78, 5) is 7.58. The van der Waals surface area contributed by atoms with Gasteiger partial charge >= 0.3 is 0 Å². The lowest BCUT2D eigenvalue weighted by molar-refractivity contribution is 0.196. The molecule has 228 valence electrons. The van der Waals surface area contributed by atoms with E-state index in [9.17, 15) is 0 Å². The fraction of sp³-hybridized carbons (Fsp3) is 0.500. The average molecular weight is 574 g/mol. The molecule has 1 aliphatic rings. The van der Waals surface area contributed by atoms with Gasteiger partial charge in [-0.15, -0.1) is 0 Å². The molecule has 42 heavy (non-hydrogen) atoms. The van der Waals surface area contributed by atoms with Gasteiger partial charge in [0.25, 0.3) is 0 Å². The van der Waals surface area contributed by atoms with Crippen molar-refractivity contribution in [3.05, 3.63) is 88.0 Å². The molecular weight excluding hydrogens is 522 g/mol. The van der Waals surface area contributed by atoms with Gasteiger partial charge in [-0.25, -0.2) is 0 Å². The lowest BCUT2D eigenvalue weighted by Crippen LogP contribution is -2.32. The predicted molar refractivity (Wildman–Crippen MR) is 172 cm³/mol. The summed E-state index contributed by atoms with van der Waals surface area (Å²) in [6.07, 6.45) is 0. The number of nitrogens with zero attached hydrogens (tertiary/aromatic N) is 3. The summed E-state index contributed by atoms with van der Waals surface area (Å²) in [6, 6.07) is 21.3. The Bertz CT molecular complexity index is 1090. The third-order valence-corrected chi connectivity index (χ3v) is 8.29. The van der Waals surface area contributed by atoms with Crippen molar-refractivity contribution in [2.24, 2.45) is 0 Å². The Morgan fingerprint density at radius 2 is 0.571 bits per heavy atom. The summed E-state index contributed by atoms with van der Waals surface area (Å²) in [5.41, 5.74) is 7.59. The fourth-order valence-electron chi connectivity index (χ4n) is 5.76. The van der Waals surface area contributed by atoms with Gasteiger partial charge in [0.2, 0.25) is 0 Å². The molecule has 3 aromatic carbocycles. The van der Waals surface area contributed by atoms with E-state index in [1.54, 1.807) is 21.3 Å². The molecule has 4 rings (SSSR count). The number of fused-ring (bicyclic) bond motifs is 6. The Balaban J connectivity index is 1.84. The van der Waals surface area contributed by atoms with E-state index in [-0.39, 0.29) is 0 Å². The van der Waals surface area contributed by atoms with Crippen molar-refractivity contribution in [2.45, 2.75) is 98.9 Å². The second kappa shape index (κ2) is 14.4. The SMILES string of the molecule is COc1cc2cc(c1)CN(C(C)C)Cc1cc(cc(OC)c1)CN(C(C)C)Cc1cc(cc(OC)c1)CN(C(C)C)C2. The van der Waals surface area contributed by atoms with Crippen LogP contribution in [0.2, 0.25) is 0 Å². The highest BCUT2D eigenvalue weighted by atomic mass is 16.5. The van der Waals surface area contributed by atoms with Crippen molar-refractivity contribution >= 4 is 0 Å². The third-order valence-electron chi connectivity index (χ3n) is 8.29. The normalized spacial score (nSPS) is 16.0. The largest absolute Gasteiger partial charge is 0.497 e. The molecule has 0 aliphatic carbocycles. The van der Waals surface area contributed by atoms with Crippen LogP contribution < -0.4 is 14.2 Å². The number of ether oxygens (including phenoxy) is 3. The molecule has 0 radical (unpaired) electrons. The molecule has 6 heteroatoms. The standard InChI is InChI=1S/C36H51N3O3/c1-25(2)37-19-28-10-30(15-34(13-28)40-7)21-38(26(3)4)23-32-12-33(18-36(17-32)42-9)24-39(27(5)6)22-31-11-29(20-37)14-35(16-31)41-8/h10-18,25-27H,19-24H2,1-9H3. The van der Waals surface area contributed by atoms with Crippen LogP contribution in [0, 0.1) is 0 Å². The first-order valence-corrected chi connectivity index (χ1v) is 15.3. The second-order valence-electron chi connectivity index (χ2n) is 12.6. The second-order valence-corrected chi connectivity index (χ2v) is 12.6. The van der Waals surface area contributed by atoms with Gasteiger partial charge in [-0.05, 0) is 111 Å². The van der Waals surface area contributed by atoms with Crippen molar-refractivity contribution in [1.29, 1.82) is 0 Å². The van der Waals surface area contributed by atoms with Crippen LogP contribution in [-0.2, 0) is 39.3 Å². The first-order valence-electron chi connectivity index (χ1n) is 15.3. The number of methoxy groups -OCH3 is 3. The van der Waals surface area contributed by atoms with Crippen LogP contribution in [-0.4, -0.2) is 54.2 Å². The quantitative estimate of drug-likeness (QED) is 0.309. The molecule has 0 spiro atoms. The maximum atomic E-state index is 5.78. The Kier molecular flexibility index (Phi) is 10.9. The maximum Gasteiger partial charge on any atom is 0.119 e. The van der Waals surface area contributed by atoms with Gasteiger partial charge < -0.3 is 14.2 Å². The molecule has 1 heterocycles. The Morgan fingerprint density at radius 3 is 0.714 bits per heavy atom. The third kappa shape index (κ3) is 8.50. The van der Waals surface area contributed by atoms with Crippen LogP contribution in [0.25, 0.3) is 0 Å². The van der Waals surface area contributed by atoms with Crippen molar-refractivity contribution in [3.63, 3.8) is 0 Å². The van der Waals surface area contributed by atoms with Gasteiger partial charge in [0, 0.05) is 57.4 Å². The molecule has 0 unspecified atom stereocenters. The van der Waals surface area contributed by atoms with Gasteiger partial charge in [0.1, 0.15) is 17.2 Å². The highest BCUT2D eigenvalue weighted by molar-refractivity contribution is 5.38. The zero-order chi connectivity index (χ0) is 30.4. The number of hydrogen-bond donors (Lipinski definition) is 0. The van der Waals surface area contributed by atoms with E-state index in [1.807, 2.05) is 0 Å². The summed E-state index contributed by atoms with van der Waals surface area (Å²) in [5, 5.41) is 0. The summed E-state index contributed by atoms with van der Waals surface area (Å²) in [5.74, 6) is 2.72. The molecule has 0 saturated carbocycles. The average Bonchev–Trinajstić information content (AvgIpc) is 2.95. The van der Waals surface area contributed by atoms with Crippen LogP contribution in [0.15, 0.2) is 54.6 Å². The van der Waals surface area contributed by atoms with Crippen LogP contribution in [0.5, 0.6) is 17.2 Å². The minimum Gasteiger partial charge on any atom is -0.497 e. The van der Waals surface area contributed by atoms with E-state index < -0.39 is 0 Å². The van der Waals surface area contributed by atoms with Crippen LogP contribution in [0.1, 0.15) is 74.9 Å². The van der Waals surface area contributed by atoms with Crippen LogP contribution in [0.3, 0.4) is 0 Å². The molecule has 0 saturated heterocycles. The van der Waals surface area contributed by atoms with Gasteiger partial charge in [-0.1, -0.05) is 18.2 Å². The fourth-order valence-corrected chi connectivity index (χ4v) is 5.76. The molecule has 6 nitrogen and oxygen atoms in total. The molecule has 0 atom stereocenters. The molecule has 6 bridgehead atoms. The number of hydrogen-bond acceptors (Lipinski definition) is 6. The van der Waals surface area contributed by atoms with Gasteiger partial charge in [0.15, 0.2) is 0 Å². The van der Waals surface area contributed by atoms with Gasteiger partial charge in [-0.2, -0.15) is 0 Å². The smallest absolute Gasteiger partial charge is 0.119 e. The number of rotatable bonds is 6. The van der Waals surface area contributed by atoms with Crippen LogP contribution in [0.4, 0.5) is 0 Å². The first kappa shape index (κ1) is 31.9. The van der Waals surface area contributed by atoms with E-state index in [0.29, 0.717) is 18.1 Å². The van der Waals surface area contributed by atoms with Crippen molar-refractivity contribution < 1.29 is 14.2 Å². The molecule has 3 aromatic rings. The molecule has 0 aromatic heterocycles. The molecular formula is C36H51N3O3. The number of benzene rings is 3. The minimum absolute atomic E-state index is 0.374. The highest BCUT2D eigenvalue weighted by Gasteiger charge is 2.19. The summed E-state index contributed by atoms with van der Waals surface area (Å²) >= 11 is 0. The summed E-state index contributed by atoms with van der Waals surface area (Å²) in [6.45, 7) is 18.7. The summed E-state index contributed by atoms with van der Waals surface area (Å²) < 4.78 is 17.4. The van der Waals surface area contributed by atoms with Gasteiger partial charge in [0.05, 0.1) is 21.3 Å². The van der Waals surface area contributed by atoms with Crippen molar-refractivity contribution in [3.8, 4) is 17.2 Å². The van der Waals surface area contributed by atoms with Crippen molar-refractivity contribution in [2.75, 3.05) is 21.3 Å².